The molecule has 0 saturated heterocycles. The van der Waals surface area contributed by atoms with Crippen LogP contribution in [0.5, 0.6) is 0 Å². The summed E-state index contributed by atoms with van der Waals surface area (Å²) in [4.78, 5) is 4.44. The number of pyridine rings is 1. The fourth-order valence-electron chi connectivity index (χ4n) is 2.10. The zero-order valence-electron chi connectivity index (χ0n) is 11.1. The fraction of sp³-hybridized carbons (Fsp3) is 0.312. The second-order valence-electron chi connectivity index (χ2n) is 4.55. The Morgan fingerprint density at radius 3 is 2.63 bits per heavy atom. The van der Waals surface area contributed by atoms with Crippen molar-refractivity contribution < 1.29 is 0 Å². The van der Waals surface area contributed by atoms with Crippen LogP contribution in [0.4, 0.5) is 0 Å². The Balaban J connectivity index is 2.19. The van der Waals surface area contributed by atoms with E-state index in [1.807, 2.05) is 12.3 Å². The summed E-state index contributed by atoms with van der Waals surface area (Å²) in [5.41, 5.74) is 2.50. The van der Waals surface area contributed by atoms with Crippen molar-refractivity contribution in [2.75, 3.05) is 6.54 Å². The molecule has 1 aromatic carbocycles. The molecule has 1 unspecified atom stereocenters. The Hall–Kier alpha value is -0.940. The molecule has 1 atom stereocenters. The number of halogens is 1. The number of hydrogen-bond donors (Lipinski definition) is 1. The van der Waals surface area contributed by atoms with Crippen molar-refractivity contribution in [3.8, 4) is 0 Å². The van der Waals surface area contributed by atoms with Gasteiger partial charge in [0.25, 0.3) is 0 Å². The first kappa shape index (κ1) is 14.5. The van der Waals surface area contributed by atoms with Gasteiger partial charge in [-0.25, -0.2) is 0 Å². The van der Waals surface area contributed by atoms with Crippen molar-refractivity contribution in [3.05, 3.63) is 63.5 Å². The molecule has 0 amide bonds. The largest absolute Gasteiger partial charge is 0.310 e. The Labute approximate surface area is 128 Å². The summed E-state index contributed by atoms with van der Waals surface area (Å²) in [6, 6.07) is 15.0. The maximum Gasteiger partial charge on any atom is 0.0422 e. The van der Waals surface area contributed by atoms with Gasteiger partial charge in [-0.3, -0.25) is 4.98 Å². The van der Waals surface area contributed by atoms with E-state index in [-0.39, 0.29) is 0 Å². The number of rotatable bonds is 6. The number of aromatic nitrogens is 1. The van der Waals surface area contributed by atoms with Gasteiger partial charge in [-0.2, -0.15) is 0 Å². The third-order valence-corrected chi connectivity index (χ3v) is 4.04. The minimum Gasteiger partial charge on any atom is -0.310 e. The van der Waals surface area contributed by atoms with E-state index in [4.69, 9.17) is 0 Å². The molecule has 1 heterocycles. The molecule has 0 fully saturated rings. The first-order valence-electron chi connectivity index (χ1n) is 6.69. The van der Waals surface area contributed by atoms with Gasteiger partial charge < -0.3 is 5.32 Å². The molecule has 2 nitrogen and oxygen atoms in total. The van der Waals surface area contributed by atoms with Crippen LogP contribution in [-0.2, 0) is 6.42 Å². The first-order chi connectivity index (χ1) is 9.31. The molecular formula is C16H19IN2. The van der Waals surface area contributed by atoms with Crippen LogP contribution >= 0.6 is 22.6 Å². The van der Waals surface area contributed by atoms with Crippen molar-refractivity contribution in [1.82, 2.24) is 10.3 Å². The van der Waals surface area contributed by atoms with Crippen LogP contribution in [0.3, 0.4) is 0 Å². The number of nitrogens with one attached hydrogen (secondary N) is 1. The summed E-state index contributed by atoms with van der Waals surface area (Å²) in [7, 11) is 0. The van der Waals surface area contributed by atoms with Gasteiger partial charge in [-0.05, 0) is 59.3 Å². The SMILES string of the molecule is CCCNC(Cc1ccccn1)c1ccccc1I. The molecule has 2 rings (SSSR count). The van der Waals surface area contributed by atoms with Crippen molar-refractivity contribution in [2.24, 2.45) is 0 Å². The van der Waals surface area contributed by atoms with Crippen molar-refractivity contribution in [3.63, 3.8) is 0 Å². The molecule has 3 heteroatoms. The van der Waals surface area contributed by atoms with Gasteiger partial charge in [0.1, 0.15) is 0 Å². The van der Waals surface area contributed by atoms with Gasteiger partial charge >= 0.3 is 0 Å². The van der Waals surface area contributed by atoms with Crippen LogP contribution in [0.1, 0.15) is 30.6 Å². The quantitative estimate of drug-likeness (QED) is 0.783. The summed E-state index contributed by atoms with van der Waals surface area (Å²) in [5, 5.41) is 3.63. The highest BCUT2D eigenvalue weighted by Crippen LogP contribution is 2.22. The molecule has 0 aliphatic rings. The zero-order valence-corrected chi connectivity index (χ0v) is 13.3. The number of benzene rings is 1. The maximum atomic E-state index is 4.44. The molecule has 2 aromatic rings. The molecule has 0 spiro atoms. The molecule has 19 heavy (non-hydrogen) atoms. The predicted molar refractivity (Wildman–Crippen MR) is 88.1 cm³/mol. The van der Waals surface area contributed by atoms with E-state index in [0.717, 1.165) is 25.1 Å². The second kappa shape index (κ2) is 7.60. The van der Waals surface area contributed by atoms with E-state index in [1.165, 1.54) is 9.13 Å². The van der Waals surface area contributed by atoms with E-state index < -0.39 is 0 Å². The van der Waals surface area contributed by atoms with E-state index in [2.05, 4.69) is 76.2 Å². The first-order valence-corrected chi connectivity index (χ1v) is 7.77. The summed E-state index contributed by atoms with van der Waals surface area (Å²) >= 11 is 2.41. The minimum atomic E-state index is 0.336. The van der Waals surface area contributed by atoms with Gasteiger partial charge in [0.05, 0.1) is 0 Å². The average Bonchev–Trinajstić information content (AvgIpc) is 2.45. The lowest BCUT2D eigenvalue weighted by molar-refractivity contribution is 0.522. The maximum absolute atomic E-state index is 4.44. The van der Waals surface area contributed by atoms with Crippen molar-refractivity contribution in [2.45, 2.75) is 25.8 Å². The van der Waals surface area contributed by atoms with Crippen LogP contribution in [0.2, 0.25) is 0 Å². The smallest absolute Gasteiger partial charge is 0.0422 e. The normalized spacial score (nSPS) is 12.3. The molecule has 0 aliphatic carbocycles. The van der Waals surface area contributed by atoms with Gasteiger partial charge in [0, 0.05) is 27.9 Å². The average molecular weight is 366 g/mol. The zero-order chi connectivity index (χ0) is 13.5. The van der Waals surface area contributed by atoms with E-state index in [0.29, 0.717) is 6.04 Å². The van der Waals surface area contributed by atoms with Crippen LogP contribution in [-0.4, -0.2) is 11.5 Å². The van der Waals surface area contributed by atoms with Crippen LogP contribution in [0.15, 0.2) is 48.7 Å². The topological polar surface area (TPSA) is 24.9 Å². The third kappa shape index (κ3) is 4.28. The highest BCUT2D eigenvalue weighted by atomic mass is 127. The lowest BCUT2D eigenvalue weighted by atomic mass is 10.0. The second-order valence-corrected chi connectivity index (χ2v) is 5.72. The summed E-state index contributed by atoms with van der Waals surface area (Å²) in [6.45, 7) is 3.23. The number of nitrogens with zero attached hydrogens (tertiary/aromatic N) is 1. The van der Waals surface area contributed by atoms with E-state index in [9.17, 15) is 0 Å². The molecule has 0 aliphatic heterocycles. The van der Waals surface area contributed by atoms with Crippen LogP contribution in [0.25, 0.3) is 0 Å². The summed E-state index contributed by atoms with van der Waals surface area (Å²) in [5.74, 6) is 0. The van der Waals surface area contributed by atoms with E-state index >= 15 is 0 Å². The minimum absolute atomic E-state index is 0.336. The van der Waals surface area contributed by atoms with Gasteiger partial charge in [-0.15, -0.1) is 0 Å². The van der Waals surface area contributed by atoms with Gasteiger partial charge in [0.15, 0.2) is 0 Å². The Morgan fingerprint density at radius 1 is 1.16 bits per heavy atom. The van der Waals surface area contributed by atoms with Crippen LogP contribution < -0.4 is 5.32 Å². The Morgan fingerprint density at radius 2 is 1.95 bits per heavy atom. The lowest BCUT2D eigenvalue weighted by Crippen LogP contribution is -2.25. The summed E-state index contributed by atoms with van der Waals surface area (Å²) < 4.78 is 1.31. The highest BCUT2D eigenvalue weighted by Gasteiger charge is 2.14. The molecule has 100 valence electrons. The molecule has 0 radical (unpaired) electrons. The highest BCUT2D eigenvalue weighted by molar-refractivity contribution is 14.1. The van der Waals surface area contributed by atoms with Crippen LogP contribution in [0, 0.1) is 3.57 Å². The standard InChI is InChI=1S/C16H19IN2/c1-2-10-19-16(12-13-7-5-6-11-18-13)14-8-3-4-9-15(14)17/h3-9,11,16,19H,2,10,12H2,1H3. The predicted octanol–water partition coefficient (Wildman–Crippen LogP) is 3.97. The summed E-state index contributed by atoms with van der Waals surface area (Å²) in [6.07, 6.45) is 3.94. The fourth-order valence-corrected chi connectivity index (χ4v) is 2.86. The van der Waals surface area contributed by atoms with Crippen molar-refractivity contribution >= 4 is 22.6 Å². The lowest BCUT2D eigenvalue weighted by Gasteiger charge is -2.20. The van der Waals surface area contributed by atoms with Gasteiger partial charge in [0.2, 0.25) is 0 Å². The van der Waals surface area contributed by atoms with Gasteiger partial charge in [-0.1, -0.05) is 31.2 Å². The van der Waals surface area contributed by atoms with E-state index in [1.54, 1.807) is 0 Å². The Kier molecular flexibility index (Phi) is 5.79. The third-order valence-electron chi connectivity index (χ3n) is 3.06. The molecule has 0 bridgehead atoms. The number of hydrogen-bond acceptors (Lipinski definition) is 2. The monoisotopic (exact) mass is 366 g/mol. The molecule has 1 N–H and O–H groups in total. The molecular weight excluding hydrogens is 347 g/mol. The Bertz CT molecular complexity index is 499. The molecule has 1 aromatic heterocycles. The van der Waals surface area contributed by atoms with Crippen molar-refractivity contribution in [1.29, 1.82) is 0 Å². The molecule has 0 saturated carbocycles.